The first kappa shape index (κ1) is 15.7. The molecule has 0 radical (unpaired) electrons. The zero-order chi connectivity index (χ0) is 16.1. The average molecular weight is 331 g/mol. The van der Waals surface area contributed by atoms with Gasteiger partial charge in [0.1, 0.15) is 0 Å². The van der Waals surface area contributed by atoms with E-state index in [4.69, 9.17) is 11.6 Å². The predicted molar refractivity (Wildman–Crippen MR) is 90.4 cm³/mol. The van der Waals surface area contributed by atoms with E-state index in [0.29, 0.717) is 23.9 Å². The number of halogens is 1. The van der Waals surface area contributed by atoms with E-state index in [0.717, 1.165) is 19.4 Å². The quantitative estimate of drug-likeness (QED) is 0.916. The molecule has 0 saturated carbocycles. The van der Waals surface area contributed by atoms with Crippen molar-refractivity contribution in [1.29, 1.82) is 0 Å². The molecule has 0 spiro atoms. The van der Waals surface area contributed by atoms with Crippen LogP contribution in [0, 0.1) is 0 Å². The van der Waals surface area contributed by atoms with Crippen LogP contribution in [0.4, 0.5) is 5.95 Å². The van der Waals surface area contributed by atoms with Crippen LogP contribution < -0.4 is 5.32 Å². The number of carbonyl (C=O) groups is 1. The Hall–Kier alpha value is -2.14. The molecule has 1 aromatic carbocycles. The summed E-state index contributed by atoms with van der Waals surface area (Å²) in [6.45, 7) is 1.47. The average Bonchev–Trinajstić information content (AvgIpc) is 3.04. The van der Waals surface area contributed by atoms with Gasteiger partial charge in [-0.05, 0) is 18.4 Å². The van der Waals surface area contributed by atoms with E-state index < -0.39 is 0 Å². The van der Waals surface area contributed by atoms with Gasteiger partial charge in [-0.25, -0.2) is 9.97 Å². The summed E-state index contributed by atoms with van der Waals surface area (Å²) in [5.74, 6) is 0.758. The third kappa shape index (κ3) is 4.42. The third-order valence-corrected chi connectivity index (χ3v) is 4.16. The second kappa shape index (κ2) is 7.42. The molecule has 6 heteroatoms. The first-order valence-electron chi connectivity index (χ1n) is 7.76. The largest absolute Gasteiger partial charge is 0.350 e. The highest BCUT2D eigenvalue weighted by Gasteiger charge is 2.26. The number of rotatable bonds is 5. The third-order valence-electron chi connectivity index (χ3n) is 3.96. The lowest BCUT2D eigenvalue weighted by Crippen LogP contribution is -2.32. The van der Waals surface area contributed by atoms with Crippen LogP contribution in [0.1, 0.15) is 18.4 Å². The number of likely N-dealkylation sites (tertiary alicyclic amines) is 1. The highest BCUT2D eigenvalue weighted by molar-refractivity contribution is 6.30. The minimum absolute atomic E-state index is 0.192. The van der Waals surface area contributed by atoms with Gasteiger partial charge in [-0.15, -0.1) is 0 Å². The normalized spacial score (nSPS) is 17.3. The molecule has 1 atom stereocenters. The second-order valence-electron chi connectivity index (χ2n) is 5.68. The Morgan fingerprint density at radius 1 is 1.26 bits per heavy atom. The van der Waals surface area contributed by atoms with Crippen LogP contribution in [0.2, 0.25) is 5.02 Å². The highest BCUT2D eigenvalue weighted by Crippen LogP contribution is 2.16. The molecule has 5 nitrogen and oxygen atoms in total. The number of carbonyl (C=O) groups excluding carboxylic acids is 1. The van der Waals surface area contributed by atoms with Crippen LogP contribution in [-0.4, -0.2) is 39.9 Å². The molecule has 1 aliphatic rings. The van der Waals surface area contributed by atoms with Crippen LogP contribution in [0.5, 0.6) is 0 Å². The molecule has 1 fully saturated rings. The summed E-state index contributed by atoms with van der Waals surface area (Å²) in [6, 6.07) is 10.3. The van der Waals surface area contributed by atoms with Crippen molar-refractivity contribution in [3.05, 3.63) is 53.3 Å². The van der Waals surface area contributed by atoms with Crippen LogP contribution in [-0.2, 0) is 11.2 Å². The molecule has 0 unspecified atom stereocenters. The summed E-state index contributed by atoms with van der Waals surface area (Å²) in [5.41, 5.74) is 1.20. The number of anilines is 1. The fourth-order valence-electron chi connectivity index (χ4n) is 2.73. The highest BCUT2D eigenvalue weighted by atomic mass is 35.5. The van der Waals surface area contributed by atoms with Gasteiger partial charge in [0, 0.05) is 25.6 Å². The topological polar surface area (TPSA) is 58.1 Å². The molecular weight excluding hydrogens is 312 g/mol. The van der Waals surface area contributed by atoms with Gasteiger partial charge in [0.25, 0.3) is 0 Å². The summed E-state index contributed by atoms with van der Waals surface area (Å²) in [5, 5.41) is 3.77. The van der Waals surface area contributed by atoms with Gasteiger partial charge >= 0.3 is 0 Å². The number of hydrogen-bond acceptors (Lipinski definition) is 4. The fourth-order valence-corrected chi connectivity index (χ4v) is 2.83. The van der Waals surface area contributed by atoms with Crippen molar-refractivity contribution in [2.75, 3.05) is 18.4 Å². The van der Waals surface area contributed by atoms with Gasteiger partial charge in [0.2, 0.25) is 11.9 Å². The van der Waals surface area contributed by atoms with Crippen molar-refractivity contribution in [2.45, 2.75) is 25.3 Å². The van der Waals surface area contributed by atoms with Gasteiger partial charge in [-0.2, -0.15) is 0 Å². The lowest BCUT2D eigenvalue weighted by molar-refractivity contribution is -0.130. The van der Waals surface area contributed by atoms with E-state index in [9.17, 15) is 4.79 Å². The Morgan fingerprint density at radius 3 is 2.74 bits per heavy atom. The molecular formula is C17H19ClN4O. The fraction of sp³-hybridized carbons (Fsp3) is 0.353. The van der Waals surface area contributed by atoms with E-state index in [1.165, 1.54) is 5.56 Å². The van der Waals surface area contributed by atoms with E-state index in [-0.39, 0.29) is 11.9 Å². The molecule has 1 N–H and O–H groups in total. The summed E-state index contributed by atoms with van der Waals surface area (Å²) in [6.07, 6.45) is 5.37. The van der Waals surface area contributed by atoms with Crippen LogP contribution in [0.3, 0.4) is 0 Å². The maximum atomic E-state index is 12.3. The summed E-state index contributed by atoms with van der Waals surface area (Å²) >= 11 is 5.77. The molecule has 0 aliphatic carbocycles. The van der Waals surface area contributed by atoms with Crippen molar-refractivity contribution < 1.29 is 4.79 Å². The van der Waals surface area contributed by atoms with Crippen LogP contribution in [0.25, 0.3) is 0 Å². The Morgan fingerprint density at radius 2 is 2.00 bits per heavy atom. The molecule has 2 heterocycles. The number of amides is 1. The Labute approximate surface area is 140 Å². The first-order chi connectivity index (χ1) is 11.2. The van der Waals surface area contributed by atoms with E-state index in [2.05, 4.69) is 27.4 Å². The van der Waals surface area contributed by atoms with E-state index >= 15 is 0 Å². The van der Waals surface area contributed by atoms with Crippen molar-refractivity contribution in [3.63, 3.8) is 0 Å². The maximum Gasteiger partial charge on any atom is 0.222 e. The molecule has 2 aromatic rings. The van der Waals surface area contributed by atoms with E-state index in [1.807, 2.05) is 23.1 Å². The number of aromatic nitrogens is 2. The van der Waals surface area contributed by atoms with Crippen molar-refractivity contribution in [1.82, 2.24) is 14.9 Å². The van der Waals surface area contributed by atoms with Gasteiger partial charge in [-0.1, -0.05) is 41.9 Å². The molecule has 120 valence electrons. The molecule has 1 saturated heterocycles. The Balaban J connectivity index is 1.47. The molecule has 1 aromatic heterocycles. The number of aryl methyl sites for hydroxylation is 1. The van der Waals surface area contributed by atoms with Gasteiger partial charge in [0.05, 0.1) is 17.4 Å². The number of nitrogens with one attached hydrogen (secondary N) is 1. The lowest BCUT2D eigenvalue weighted by atomic mass is 10.1. The lowest BCUT2D eigenvalue weighted by Gasteiger charge is -2.17. The number of benzene rings is 1. The molecule has 1 amide bonds. The number of nitrogens with zero attached hydrogens (tertiary/aromatic N) is 3. The molecule has 23 heavy (non-hydrogen) atoms. The van der Waals surface area contributed by atoms with Gasteiger partial charge in [0.15, 0.2) is 0 Å². The second-order valence-corrected chi connectivity index (χ2v) is 6.12. The van der Waals surface area contributed by atoms with Crippen LogP contribution >= 0.6 is 11.6 Å². The molecule has 1 aliphatic heterocycles. The summed E-state index contributed by atoms with van der Waals surface area (Å²) in [7, 11) is 0. The zero-order valence-electron chi connectivity index (χ0n) is 12.8. The van der Waals surface area contributed by atoms with Crippen molar-refractivity contribution in [2.24, 2.45) is 0 Å². The van der Waals surface area contributed by atoms with Gasteiger partial charge in [-0.3, -0.25) is 4.79 Å². The maximum absolute atomic E-state index is 12.3. The minimum Gasteiger partial charge on any atom is -0.350 e. The van der Waals surface area contributed by atoms with Crippen LogP contribution in [0.15, 0.2) is 42.7 Å². The van der Waals surface area contributed by atoms with Gasteiger partial charge < -0.3 is 10.2 Å². The standard InChI is InChI=1S/C17H19ClN4O/c18-14-10-19-17(20-11-14)21-15-8-9-22(12-15)16(23)7-6-13-4-2-1-3-5-13/h1-5,10-11,15H,6-9,12H2,(H,19,20,21)/t15-/m0/s1. The monoisotopic (exact) mass is 330 g/mol. The number of hydrogen-bond donors (Lipinski definition) is 1. The SMILES string of the molecule is O=C(CCc1ccccc1)N1CC[C@H](Nc2ncc(Cl)cn2)C1. The molecule has 0 bridgehead atoms. The molecule has 3 rings (SSSR count). The first-order valence-corrected chi connectivity index (χ1v) is 8.14. The van der Waals surface area contributed by atoms with Crippen molar-refractivity contribution in [3.8, 4) is 0 Å². The Kier molecular flexibility index (Phi) is 5.08. The Bertz CT molecular complexity index is 647. The predicted octanol–water partition coefficient (Wildman–Crippen LogP) is 2.78. The minimum atomic E-state index is 0.192. The van der Waals surface area contributed by atoms with Crippen molar-refractivity contribution >= 4 is 23.5 Å². The smallest absolute Gasteiger partial charge is 0.222 e. The summed E-state index contributed by atoms with van der Waals surface area (Å²) < 4.78 is 0. The zero-order valence-corrected chi connectivity index (χ0v) is 13.5. The summed E-state index contributed by atoms with van der Waals surface area (Å²) in [4.78, 5) is 22.5. The van der Waals surface area contributed by atoms with E-state index in [1.54, 1.807) is 12.4 Å².